The Balaban J connectivity index is 1.74. The Hall–Kier alpha value is -2.96. The van der Waals surface area contributed by atoms with Crippen molar-refractivity contribution in [3.05, 3.63) is 57.8 Å². The predicted octanol–water partition coefficient (Wildman–Crippen LogP) is 1.86. The smallest absolute Gasteiger partial charge is 0.277 e. The van der Waals surface area contributed by atoms with E-state index < -0.39 is 0 Å². The largest absolute Gasteiger partial charge is 0.326 e. The van der Waals surface area contributed by atoms with Crippen molar-refractivity contribution < 1.29 is 4.79 Å². The lowest BCUT2D eigenvalue weighted by molar-refractivity contribution is -0.116. The molecule has 0 saturated heterocycles. The molecule has 0 bridgehead atoms. The Morgan fingerprint density at radius 2 is 2.12 bits per heavy atom. The summed E-state index contributed by atoms with van der Waals surface area (Å²) in [5.74, 6) is 0.215. The third-order valence-electron chi connectivity index (χ3n) is 4.01. The van der Waals surface area contributed by atoms with Crippen LogP contribution in [0.15, 0.2) is 35.4 Å². The zero-order valence-electron chi connectivity index (χ0n) is 13.7. The molecule has 0 aliphatic rings. The summed E-state index contributed by atoms with van der Waals surface area (Å²) in [4.78, 5) is 32.9. The lowest BCUT2D eigenvalue weighted by atomic mass is 10.1. The van der Waals surface area contributed by atoms with Gasteiger partial charge in [0.05, 0.1) is 5.69 Å². The second-order valence-corrected chi connectivity index (χ2v) is 5.56. The van der Waals surface area contributed by atoms with Crippen molar-refractivity contribution in [2.45, 2.75) is 33.1 Å². The van der Waals surface area contributed by atoms with Gasteiger partial charge in [0.25, 0.3) is 11.3 Å². The molecule has 0 fully saturated rings. The van der Waals surface area contributed by atoms with E-state index in [1.807, 2.05) is 31.2 Å². The molecule has 3 aromatic rings. The molecule has 1 aromatic carbocycles. The van der Waals surface area contributed by atoms with Crippen LogP contribution in [0.25, 0.3) is 5.78 Å². The Kier molecular flexibility index (Phi) is 4.41. The number of anilines is 1. The number of hydrogen-bond donors (Lipinski definition) is 2. The minimum atomic E-state index is -0.211. The monoisotopic (exact) mass is 325 g/mol. The van der Waals surface area contributed by atoms with Gasteiger partial charge in [-0.15, -0.1) is 0 Å². The van der Waals surface area contributed by atoms with Crippen LogP contribution in [-0.2, 0) is 17.6 Å². The van der Waals surface area contributed by atoms with Gasteiger partial charge in [0.1, 0.15) is 6.33 Å². The zero-order chi connectivity index (χ0) is 17.1. The van der Waals surface area contributed by atoms with Crippen molar-refractivity contribution in [2.75, 3.05) is 5.32 Å². The number of aromatic nitrogens is 4. The Morgan fingerprint density at radius 1 is 1.33 bits per heavy atom. The fourth-order valence-corrected chi connectivity index (χ4v) is 2.68. The van der Waals surface area contributed by atoms with E-state index in [9.17, 15) is 9.59 Å². The number of nitrogens with zero attached hydrogens (tertiary/aromatic N) is 3. The highest BCUT2D eigenvalue weighted by atomic mass is 16.1. The van der Waals surface area contributed by atoms with Crippen LogP contribution < -0.4 is 10.9 Å². The molecular weight excluding hydrogens is 306 g/mol. The Morgan fingerprint density at radius 3 is 2.92 bits per heavy atom. The van der Waals surface area contributed by atoms with Gasteiger partial charge >= 0.3 is 0 Å². The number of amides is 1. The second kappa shape index (κ2) is 6.66. The number of H-pyrrole nitrogens is 1. The summed E-state index contributed by atoms with van der Waals surface area (Å²) < 4.78 is 1.28. The first-order valence-corrected chi connectivity index (χ1v) is 7.89. The van der Waals surface area contributed by atoms with Gasteiger partial charge in [-0.1, -0.05) is 25.1 Å². The number of carbonyl (C=O) groups is 1. The van der Waals surface area contributed by atoms with Gasteiger partial charge in [-0.2, -0.15) is 4.52 Å². The van der Waals surface area contributed by atoms with Crippen molar-refractivity contribution >= 4 is 17.4 Å². The SMILES string of the molecule is CCc1ccccc1NC(=O)CCc1c(C)nc2nc[nH]n2c1=O. The molecule has 2 aromatic heterocycles. The molecule has 0 saturated carbocycles. The number of aryl methyl sites for hydroxylation is 2. The lowest BCUT2D eigenvalue weighted by Gasteiger charge is -2.10. The Bertz CT molecular complexity index is 942. The molecule has 24 heavy (non-hydrogen) atoms. The van der Waals surface area contributed by atoms with Gasteiger partial charge < -0.3 is 5.32 Å². The van der Waals surface area contributed by atoms with E-state index in [2.05, 4.69) is 20.4 Å². The van der Waals surface area contributed by atoms with E-state index in [0.29, 0.717) is 23.5 Å². The molecule has 124 valence electrons. The van der Waals surface area contributed by atoms with E-state index in [-0.39, 0.29) is 17.9 Å². The van der Waals surface area contributed by atoms with Crippen molar-refractivity contribution in [2.24, 2.45) is 0 Å². The fourth-order valence-electron chi connectivity index (χ4n) is 2.68. The molecule has 2 N–H and O–H groups in total. The maximum atomic E-state index is 12.4. The van der Waals surface area contributed by atoms with Gasteiger partial charge in [0.2, 0.25) is 5.91 Å². The van der Waals surface area contributed by atoms with E-state index in [0.717, 1.165) is 17.7 Å². The number of aromatic amines is 1. The summed E-state index contributed by atoms with van der Waals surface area (Å²) in [6.07, 6.45) is 2.81. The van der Waals surface area contributed by atoms with Crippen molar-refractivity contribution in [1.82, 2.24) is 19.6 Å². The van der Waals surface area contributed by atoms with Gasteiger partial charge in [-0.3, -0.25) is 14.7 Å². The number of carbonyl (C=O) groups excluding carboxylic acids is 1. The zero-order valence-corrected chi connectivity index (χ0v) is 13.7. The first-order chi connectivity index (χ1) is 11.6. The molecule has 0 aliphatic carbocycles. The number of rotatable bonds is 5. The molecule has 1 amide bonds. The standard InChI is InChI=1S/C17H19N5O2/c1-3-12-6-4-5-7-14(12)21-15(23)9-8-13-11(2)20-17-18-10-19-22(17)16(13)24/h4-7,10H,3,8-9H2,1-2H3,(H,21,23)(H,18,19,20). The Labute approximate surface area is 138 Å². The minimum absolute atomic E-state index is 0.121. The highest BCUT2D eigenvalue weighted by Crippen LogP contribution is 2.16. The highest BCUT2D eigenvalue weighted by molar-refractivity contribution is 5.91. The molecule has 0 atom stereocenters. The lowest BCUT2D eigenvalue weighted by Crippen LogP contribution is -2.23. The summed E-state index contributed by atoms with van der Waals surface area (Å²) in [7, 11) is 0. The molecule has 3 rings (SSSR count). The number of fused-ring (bicyclic) bond motifs is 1. The number of benzene rings is 1. The predicted molar refractivity (Wildman–Crippen MR) is 91.1 cm³/mol. The molecular formula is C17H19N5O2. The van der Waals surface area contributed by atoms with Crippen molar-refractivity contribution in [3.63, 3.8) is 0 Å². The molecule has 0 radical (unpaired) electrons. The van der Waals surface area contributed by atoms with Crippen LogP contribution in [0, 0.1) is 6.92 Å². The summed E-state index contributed by atoms with van der Waals surface area (Å²) in [5, 5.41) is 5.64. The highest BCUT2D eigenvalue weighted by Gasteiger charge is 2.13. The van der Waals surface area contributed by atoms with Crippen LogP contribution in [0.3, 0.4) is 0 Å². The quantitative estimate of drug-likeness (QED) is 0.749. The van der Waals surface area contributed by atoms with Gasteiger partial charge in [0, 0.05) is 17.7 Å². The number of nitrogens with one attached hydrogen (secondary N) is 2. The summed E-state index contributed by atoms with van der Waals surface area (Å²) >= 11 is 0. The molecule has 0 unspecified atom stereocenters. The first-order valence-electron chi connectivity index (χ1n) is 7.89. The molecule has 2 heterocycles. The minimum Gasteiger partial charge on any atom is -0.326 e. The van der Waals surface area contributed by atoms with Crippen LogP contribution in [0.4, 0.5) is 5.69 Å². The van der Waals surface area contributed by atoms with Gasteiger partial charge in [-0.25, -0.2) is 9.97 Å². The fraction of sp³-hybridized carbons (Fsp3) is 0.294. The normalized spacial score (nSPS) is 10.9. The summed E-state index contributed by atoms with van der Waals surface area (Å²) in [6.45, 7) is 3.80. The molecule has 0 aliphatic heterocycles. The van der Waals surface area contributed by atoms with Gasteiger partial charge in [-0.05, 0) is 31.4 Å². The summed E-state index contributed by atoms with van der Waals surface area (Å²) in [6, 6.07) is 7.71. The van der Waals surface area contributed by atoms with Crippen LogP contribution in [0.2, 0.25) is 0 Å². The molecule has 7 nitrogen and oxygen atoms in total. The van der Waals surface area contributed by atoms with Crippen molar-refractivity contribution in [1.29, 1.82) is 0 Å². The average Bonchev–Trinajstić information content (AvgIpc) is 3.03. The third-order valence-corrected chi connectivity index (χ3v) is 4.01. The van der Waals surface area contributed by atoms with Crippen LogP contribution in [0.5, 0.6) is 0 Å². The van der Waals surface area contributed by atoms with Crippen LogP contribution in [-0.4, -0.2) is 25.5 Å². The average molecular weight is 325 g/mol. The molecule has 7 heteroatoms. The van der Waals surface area contributed by atoms with Crippen LogP contribution >= 0.6 is 0 Å². The topological polar surface area (TPSA) is 92.2 Å². The van der Waals surface area contributed by atoms with E-state index in [1.54, 1.807) is 6.92 Å². The second-order valence-electron chi connectivity index (χ2n) is 5.56. The van der Waals surface area contributed by atoms with Gasteiger partial charge in [0.15, 0.2) is 0 Å². The summed E-state index contributed by atoms with van der Waals surface area (Å²) in [5.41, 5.74) is 2.82. The third kappa shape index (κ3) is 3.05. The van der Waals surface area contributed by atoms with Crippen LogP contribution in [0.1, 0.15) is 30.2 Å². The molecule has 0 spiro atoms. The number of hydrogen-bond acceptors (Lipinski definition) is 4. The van der Waals surface area contributed by atoms with Crippen molar-refractivity contribution in [3.8, 4) is 0 Å². The first kappa shape index (κ1) is 15.9. The maximum absolute atomic E-state index is 12.4. The maximum Gasteiger partial charge on any atom is 0.277 e. The van der Waals surface area contributed by atoms with E-state index in [1.165, 1.54) is 10.8 Å². The number of para-hydroxylation sites is 1. The van der Waals surface area contributed by atoms with E-state index in [4.69, 9.17) is 0 Å². The van der Waals surface area contributed by atoms with E-state index >= 15 is 0 Å².